The largest absolute Gasteiger partial charge is 0.756 e. The van der Waals surface area contributed by atoms with Crippen LogP contribution in [0.3, 0.4) is 0 Å². The molecule has 0 heterocycles. The van der Waals surface area contributed by atoms with E-state index in [2.05, 4.69) is 31.3 Å². The number of hydrogen-bond donors (Lipinski definition) is 2. The fraction of sp³-hybridized carbons (Fsp3) is 0.923. The number of nitrogens with zero attached hydrogens (tertiary/aromatic N) is 1. The monoisotopic (exact) mass is 703 g/mol. The number of allylic oxidation sites excluding steroid dienone is 2. The lowest BCUT2D eigenvalue weighted by Crippen LogP contribution is -2.46. The Balaban J connectivity index is 4.45. The molecule has 0 rings (SSSR count). The van der Waals surface area contributed by atoms with Gasteiger partial charge in [-0.25, -0.2) is 0 Å². The number of rotatable bonds is 36. The van der Waals surface area contributed by atoms with Gasteiger partial charge in [0.25, 0.3) is 7.82 Å². The average Bonchev–Trinajstić information content (AvgIpc) is 3.02. The van der Waals surface area contributed by atoms with Gasteiger partial charge >= 0.3 is 0 Å². The molecule has 0 spiro atoms. The molecule has 2 N–H and O–H groups in total. The van der Waals surface area contributed by atoms with Crippen LogP contribution in [0.15, 0.2) is 12.2 Å². The Morgan fingerprint density at radius 3 is 1.65 bits per heavy atom. The van der Waals surface area contributed by atoms with Crippen LogP contribution in [0.2, 0.25) is 0 Å². The summed E-state index contributed by atoms with van der Waals surface area (Å²) in [6, 6.07) is -0.798. The summed E-state index contributed by atoms with van der Waals surface area (Å²) < 4.78 is 23.2. The lowest BCUT2D eigenvalue weighted by atomic mass is 10.0. The molecular formula is C39H79N2O6P. The number of carbonyl (C=O) groups excluding carboxylic acids is 1. The van der Waals surface area contributed by atoms with Crippen molar-refractivity contribution >= 4 is 13.7 Å². The highest BCUT2D eigenvalue weighted by atomic mass is 31.2. The number of aliphatic hydroxyl groups excluding tert-OH is 1. The summed E-state index contributed by atoms with van der Waals surface area (Å²) in [4.78, 5) is 25.2. The van der Waals surface area contributed by atoms with Crippen molar-refractivity contribution in [2.45, 2.75) is 193 Å². The Labute approximate surface area is 297 Å². The van der Waals surface area contributed by atoms with Gasteiger partial charge in [0.05, 0.1) is 39.9 Å². The number of hydrogen-bond acceptors (Lipinski definition) is 6. The Morgan fingerprint density at radius 1 is 0.708 bits per heavy atom. The van der Waals surface area contributed by atoms with Crippen molar-refractivity contribution in [3.63, 3.8) is 0 Å². The molecule has 0 saturated heterocycles. The number of carbonyl (C=O) groups is 1. The van der Waals surface area contributed by atoms with Crippen LogP contribution in [0.25, 0.3) is 0 Å². The molecule has 1 unspecified atom stereocenters. The summed E-state index contributed by atoms with van der Waals surface area (Å²) >= 11 is 0. The SMILES string of the molecule is CCCCCC/C=C/CCCCCCCC(=O)N[C@@H](COP(=O)([O-])OCC[N+](C)(C)C)[C@H](O)CCCCCCCCCCCCCCC. The third-order valence-corrected chi connectivity index (χ3v) is 9.97. The topological polar surface area (TPSA) is 108 Å². The van der Waals surface area contributed by atoms with Gasteiger partial charge in [-0.3, -0.25) is 9.36 Å². The molecule has 0 aliphatic carbocycles. The molecular weight excluding hydrogens is 623 g/mol. The van der Waals surface area contributed by atoms with Gasteiger partial charge < -0.3 is 28.8 Å². The van der Waals surface area contributed by atoms with Crippen molar-refractivity contribution in [1.29, 1.82) is 0 Å². The van der Waals surface area contributed by atoms with Gasteiger partial charge in [-0.15, -0.1) is 0 Å². The highest BCUT2D eigenvalue weighted by Gasteiger charge is 2.24. The molecule has 0 aliphatic heterocycles. The molecule has 0 saturated carbocycles. The van der Waals surface area contributed by atoms with Crippen LogP contribution in [0.4, 0.5) is 0 Å². The number of phosphoric acid groups is 1. The van der Waals surface area contributed by atoms with Crippen molar-refractivity contribution in [3.05, 3.63) is 12.2 Å². The molecule has 286 valence electrons. The summed E-state index contributed by atoms with van der Waals surface area (Å²) in [5.41, 5.74) is 0. The van der Waals surface area contributed by atoms with Gasteiger partial charge in [0.1, 0.15) is 13.2 Å². The minimum Gasteiger partial charge on any atom is -0.756 e. The first kappa shape index (κ1) is 47.2. The molecule has 3 atom stereocenters. The average molecular weight is 703 g/mol. The third-order valence-electron chi connectivity index (χ3n) is 9.00. The van der Waals surface area contributed by atoms with Crippen LogP contribution in [0.5, 0.6) is 0 Å². The van der Waals surface area contributed by atoms with E-state index in [4.69, 9.17) is 9.05 Å². The van der Waals surface area contributed by atoms with E-state index in [1.165, 1.54) is 103 Å². The second kappa shape index (κ2) is 32.2. The highest BCUT2D eigenvalue weighted by molar-refractivity contribution is 7.45. The van der Waals surface area contributed by atoms with E-state index in [1.807, 2.05) is 21.1 Å². The Hall–Kier alpha value is -0.760. The van der Waals surface area contributed by atoms with Gasteiger partial charge in [0.15, 0.2) is 0 Å². The standard InChI is InChI=1S/C39H79N2O6P/c1-6-8-10-12-14-16-18-20-22-24-26-28-30-32-38(42)37(36-47-48(44,45)46-35-34-41(3,4)5)40-39(43)33-31-29-27-25-23-21-19-17-15-13-11-9-7-2/h17,19,37-38,42H,6-16,18,20-36H2,1-5H3,(H-,40,43,44,45)/b19-17+/t37-,38+/m0/s1. The van der Waals surface area contributed by atoms with Crippen LogP contribution < -0.4 is 10.2 Å². The zero-order chi connectivity index (χ0) is 35.8. The van der Waals surface area contributed by atoms with Crippen molar-refractivity contribution in [2.24, 2.45) is 0 Å². The smallest absolute Gasteiger partial charge is 0.268 e. The van der Waals surface area contributed by atoms with Crippen molar-refractivity contribution in [3.8, 4) is 0 Å². The molecule has 1 amide bonds. The first-order chi connectivity index (χ1) is 23.0. The Morgan fingerprint density at radius 2 is 1.15 bits per heavy atom. The zero-order valence-electron chi connectivity index (χ0n) is 32.2. The normalized spacial score (nSPS) is 14.7. The molecule has 0 bridgehead atoms. The summed E-state index contributed by atoms with van der Waals surface area (Å²) in [6.45, 7) is 4.68. The molecule has 8 nitrogen and oxygen atoms in total. The summed E-state index contributed by atoms with van der Waals surface area (Å²) in [5.74, 6) is -0.175. The Kier molecular flexibility index (Phi) is 31.7. The van der Waals surface area contributed by atoms with Crippen LogP contribution in [0, 0.1) is 0 Å². The first-order valence-corrected chi connectivity index (χ1v) is 21.5. The molecule has 0 aromatic heterocycles. The number of likely N-dealkylation sites (N-methyl/N-ethyl adjacent to an activating group) is 1. The summed E-state index contributed by atoms with van der Waals surface area (Å²) in [6.07, 6.45) is 33.4. The number of amides is 1. The van der Waals surface area contributed by atoms with Crippen molar-refractivity contribution in [1.82, 2.24) is 5.32 Å². The van der Waals surface area contributed by atoms with Gasteiger partial charge in [-0.2, -0.15) is 0 Å². The number of aliphatic hydroxyl groups is 1. The lowest BCUT2D eigenvalue weighted by Gasteiger charge is -2.30. The van der Waals surface area contributed by atoms with Crippen LogP contribution in [-0.4, -0.2) is 68.5 Å². The van der Waals surface area contributed by atoms with E-state index in [0.29, 0.717) is 23.9 Å². The first-order valence-electron chi connectivity index (χ1n) is 20.0. The molecule has 0 aromatic carbocycles. The van der Waals surface area contributed by atoms with E-state index in [-0.39, 0.29) is 19.1 Å². The maximum absolute atomic E-state index is 12.8. The van der Waals surface area contributed by atoms with E-state index < -0.39 is 20.0 Å². The predicted octanol–water partition coefficient (Wildman–Crippen LogP) is 9.78. The predicted molar refractivity (Wildman–Crippen MR) is 201 cm³/mol. The number of phosphoric ester groups is 1. The highest BCUT2D eigenvalue weighted by Crippen LogP contribution is 2.38. The van der Waals surface area contributed by atoms with Gasteiger partial charge in [0.2, 0.25) is 5.91 Å². The summed E-state index contributed by atoms with van der Waals surface area (Å²) in [7, 11) is 1.30. The van der Waals surface area contributed by atoms with E-state index in [9.17, 15) is 19.4 Å². The molecule has 9 heteroatoms. The minimum atomic E-state index is -4.55. The quantitative estimate of drug-likeness (QED) is 0.0291. The fourth-order valence-electron chi connectivity index (χ4n) is 5.74. The zero-order valence-corrected chi connectivity index (χ0v) is 33.1. The van der Waals surface area contributed by atoms with Crippen LogP contribution >= 0.6 is 7.82 Å². The molecule has 0 radical (unpaired) electrons. The second-order valence-electron chi connectivity index (χ2n) is 15.0. The number of quaternary nitrogens is 1. The maximum Gasteiger partial charge on any atom is 0.268 e. The van der Waals surface area contributed by atoms with E-state index in [1.54, 1.807) is 0 Å². The van der Waals surface area contributed by atoms with Gasteiger partial charge in [0, 0.05) is 6.42 Å². The lowest BCUT2D eigenvalue weighted by molar-refractivity contribution is -0.870. The van der Waals surface area contributed by atoms with Crippen LogP contribution in [-0.2, 0) is 18.4 Å². The number of unbranched alkanes of at least 4 members (excludes halogenated alkanes) is 21. The summed E-state index contributed by atoms with van der Waals surface area (Å²) in [5, 5.41) is 13.8. The molecule has 0 aliphatic rings. The van der Waals surface area contributed by atoms with Gasteiger partial charge in [-0.05, 0) is 38.5 Å². The molecule has 0 aromatic rings. The van der Waals surface area contributed by atoms with Crippen molar-refractivity contribution < 1.29 is 32.9 Å². The number of nitrogens with one attached hydrogen (secondary N) is 1. The van der Waals surface area contributed by atoms with Gasteiger partial charge in [-0.1, -0.05) is 148 Å². The maximum atomic E-state index is 12.8. The second-order valence-corrected chi connectivity index (χ2v) is 16.4. The molecule has 0 fully saturated rings. The fourth-order valence-corrected chi connectivity index (χ4v) is 6.46. The van der Waals surface area contributed by atoms with E-state index in [0.717, 1.165) is 51.4 Å². The van der Waals surface area contributed by atoms with Crippen molar-refractivity contribution in [2.75, 3.05) is 40.9 Å². The molecule has 48 heavy (non-hydrogen) atoms. The van der Waals surface area contributed by atoms with E-state index >= 15 is 0 Å². The third kappa shape index (κ3) is 33.7. The Bertz CT molecular complexity index is 804. The van der Waals surface area contributed by atoms with Crippen LogP contribution in [0.1, 0.15) is 181 Å². The minimum absolute atomic E-state index is 0.0121.